The zero-order valence-electron chi connectivity index (χ0n) is 13.5. The van der Waals surface area contributed by atoms with Crippen molar-refractivity contribution in [3.05, 3.63) is 35.9 Å². The maximum absolute atomic E-state index is 6.45. The highest BCUT2D eigenvalue weighted by atomic mass is 28.3. The standard InChI is InChI=1S/C17H29NOSi/c1-17(2,3)16(19-20(4)5)15-12-18-11-14(15)13-9-7-6-8-10-13/h6-10,14-16,18,20H,11-12H2,1-5H3/t14?,15?,16-/m0/s1. The topological polar surface area (TPSA) is 21.3 Å². The van der Waals surface area contributed by atoms with Crippen LogP contribution in [-0.4, -0.2) is 28.2 Å². The van der Waals surface area contributed by atoms with Crippen LogP contribution in [0.3, 0.4) is 0 Å². The smallest absolute Gasteiger partial charge is 0.171 e. The first-order valence-electron chi connectivity index (χ1n) is 7.80. The molecule has 0 amide bonds. The molecular formula is C17H29NOSi. The highest BCUT2D eigenvalue weighted by Crippen LogP contribution is 2.39. The molecule has 2 unspecified atom stereocenters. The van der Waals surface area contributed by atoms with E-state index in [0.717, 1.165) is 13.1 Å². The minimum absolute atomic E-state index is 0.195. The van der Waals surface area contributed by atoms with Crippen LogP contribution in [0.4, 0.5) is 0 Å². The first-order valence-corrected chi connectivity index (χ1v) is 10.6. The predicted molar refractivity (Wildman–Crippen MR) is 88.7 cm³/mol. The van der Waals surface area contributed by atoms with Crippen LogP contribution in [0.5, 0.6) is 0 Å². The molecule has 1 fully saturated rings. The Hall–Kier alpha value is -0.643. The van der Waals surface area contributed by atoms with Crippen LogP contribution in [0.15, 0.2) is 30.3 Å². The maximum Gasteiger partial charge on any atom is 0.171 e. The van der Waals surface area contributed by atoms with E-state index in [2.05, 4.69) is 69.5 Å². The van der Waals surface area contributed by atoms with Gasteiger partial charge in [0.2, 0.25) is 0 Å². The molecule has 112 valence electrons. The van der Waals surface area contributed by atoms with Crippen molar-refractivity contribution < 1.29 is 4.43 Å². The molecule has 0 aromatic heterocycles. The fourth-order valence-corrected chi connectivity index (χ4v) is 4.52. The number of benzene rings is 1. The fourth-order valence-electron chi connectivity index (χ4n) is 3.32. The van der Waals surface area contributed by atoms with Gasteiger partial charge in [-0.15, -0.1) is 0 Å². The van der Waals surface area contributed by atoms with Gasteiger partial charge in [-0.2, -0.15) is 0 Å². The van der Waals surface area contributed by atoms with Crippen molar-refractivity contribution in [1.82, 2.24) is 5.32 Å². The van der Waals surface area contributed by atoms with Gasteiger partial charge in [0, 0.05) is 24.9 Å². The van der Waals surface area contributed by atoms with Crippen molar-refractivity contribution in [2.75, 3.05) is 13.1 Å². The van der Waals surface area contributed by atoms with E-state index in [1.54, 1.807) is 0 Å². The van der Waals surface area contributed by atoms with Gasteiger partial charge in [-0.05, 0) is 24.1 Å². The third kappa shape index (κ3) is 3.71. The van der Waals surface area contributed by atoms with E-state index in [0.29, 0.717) is 17.9 Å². The van der Waals surface area contributed by atoms with Gasteiger partial charge in [-0.25, -0.2) is 0 Å². The first kappa shape index (κ1) is 15.7. The Morgan fingerprint density at radius 2 is 1.80 bits per heavy atom. The lowest BCUT2D eigenvalue weighted by atomic mass is 9.75. The summed E-state index contributed by atoms with van der Waals surface area (Å²) in [6.45, 7) is 13.6. The van der Waals surface area contributed by atoms with Crippen molar-refractivity contribution in [3.8, 4) is 0 Å². The summed E-state index contributed by atoms with van der Waals surface area (Å²) in [5.74, 6) is 1.15. The van der Waals surface area contributed by atoms with E-state index < -0.39 is 9.04 Å². The number of hydrogen-bond acceptors (Lipinski definition) is 2. The van der Waals surface area contributed by atoms with Gasteiger partial charge in [0.15, 0.2) is 9.04 Å². The van der Waals surface area contributed by atoms with Gasteiger partial charge in [0.25, 0.3) is 0 Å². The molecule has 0 radical (unpaired) electrons. The maximum atomic E-state index is 6.45. The molecule has 1 N–H and O–H groups in total. The molecule has 3 atom stereocenters. The molecule has 0 spiro atoms. The lowest BCUT2D eigenvalue weighted by Gasteiger charge is -2.39. The molecule has 2 nitrogen and oxygen atoms in total. The lowest BCUT2D eigenvalue weighted by Crippen LogP contribution is -2.42. The van der Waals surface area contributed by atoms with Crippen molar-refractivity contribution in [1.29, 1.82) is 0 Å². The molecule has 0 aliphatic carbocycles. The molecule has 0 bridgehead atoms. The molecule has 1 aromatic carbocycles. The fraction of sp³-hybridized carbons (Fsp3) is 0.647. The summed E-state index contributed by atoms with van der Waals surface area (Å²) in [6, 6.07) is 10.9. The summed E-state index contributed by atoms with van der Waals surface area (Å²) in [6.07, 6.45) is 0.342. The first-order chi connectivity index (χ1) is 9.39. The van der Waals surface area contributed by atoms with Crippen molar-refractivity contribution >= 4 is 9.04 Å². The summed E-state index contributed by atoms with van der Waals surface area (Å²) in [7, 11) is -1.03. The second kappa shape index (κ2) is 6.42. The minimum atomic E-state index is -1.03. The molecule has 20 heavy (non-hydrogen) atoms. The monoisotopic (exact) mass is 291 g/mol. The van der Waals surface area contributed by atoms with Gasteiger partial charge in [0.1, 0.15) is 0 Å². The highest BCUT2D eigenvalue weighted by molar-refractivity contribution is 6.48. The van der Waals surface area contributed by atoms with E-state index >= 15 is 0 Å². The SMILES string of the molecule is C[SiH](C)O[C@@H](C1CNCC1c1ccccc1)C(C)(C)C. The second-order valence-corrected chi connectivity index (χ2v) is 9.68. The van der Waals surface area contributed by atoms with Crippen LogP contribution < -0.4 is 5.32 Å². The molecule has 1 aliphatic heterocycles. The molecule has 2 rings (SSSR count). The molecule has 0 saturated carbocycles. The van der Waals surface area contributed by atoms with Crippen LogP contribution in [-0.2, 0) is 4.43 Å². The molecule has 1 saturated heterocycles. The van der Waals surface area contributed by atoms with Crippen molar-refractivity contribution in [3.63, 3.8) is 0 Å². The van der Waals surface area contributed by atoms with Crippen LogP contribution in [0, 0.1) is 11.3 Å². The Balaban J connectivity index is 2.23. The van der Waals surface area contributed by atoms with Gasteiger partial charge in [-0.1, -0.05) is 51.1 Å². The van der Waals surface area contributed by atoms with E-state index in [1.807, 2.05) is 0 Å². The molecule has 1 heterocycles. The Labute approximate surface area is 125 Å². The Morgan fingerprint density at radius 3 is 2.35 bits per heavy atom. The van der Waals surface area contributed by atoms with Gasteiger partial charge < -0.3 is 9.74 Å². The van der Waals surface area contributed by atoms with Crippen molar-refractivity contribution in [2.45, 2.75) is 45.9 Å². The van der Waals surface area contributed by atoms with E-state index in [4.69, 9.17) is 4.43 Å². The minimum Gasteiger partial charge on any atom is -0.417 e. The summed E-state index contributed by atoms with van der Waals surface area (Å²) in [5.41, 5.74) is 1.65. The Morgan fingerprint density at radius 1 is 1.15 bits per heavy atom. The van der Waals surface area contributed by atoms with E-state index in [9.17, 15) is 0 Å². The van der Waals surface area contributed by atoms with Crippen LogP contribution in [0.25, 0.3) is 0 Å². The molecular weight excluding hydrogens is 262 g/mol. The van der Waals surface area contributed by atoms with Crippen LogP contribution >= 0.6 is 0 Å². The molecule has 3 heteroatoms. The number of nitrogens with one attached hydrogen (secondary N) is 1. The highest BCUT2D eigenvalue weighted by Gasteiger charge is 2.41. The molecule has 1 aromatic rings. The third-order valence-electron chi connectivity index (χ3n) is 4.15. The lowest BCUT2D eigenvalue weighted by molar-refractivity contribution is 0.0339. The third-order valence-corrected chi connectivity index (χ3v) is 4.99. The van der Waals surface area contributed by atoms with Crippen LogP contribution in [0.2, 0.25) is 13.1 Å². The predicted octanol–water partition coefficient (Wildman–Crippen LogP) is 3.40. The zero-order chi connectivity index (χ0) is 14.8. The summed E-state index contributed by atoms with van der Waals surface area (Å²) < 4.78 is 6.45. The molecule has 1 aliphatic rings. The summed E-state index contributed by atoms with van der Waals surface area (Å²) in [4.78, 5) is 0. The Bertz CT molecular complexity index is 413. The van der Waals surface area contributed by atoms with Crippen LogP contribution in [0.1, 0.15) is 32.3 Å². The van der Waals surface area contributed by atoms with Gasteiger partial charge in [0.05, 0.1) is 6.10 Å². The summed E-state index contributed by atoms with van der Waals surface area (Å²) in [5, 5.41) is 3.58. The van der Waals surface area contributed by atoms with Gasteiger partial charge >= 0.3 is 0 Å². The second-order valence-electron chi connectivity index (χ2n) is 7.31. The Kier molecular flexibility index (Phi) is 5.05. The number of rotatable bonds is 4. The summed E-state index contributed by atoms with van der Waals surface area (Å²) >= 11 is 0. The normalized spacial score (nSPS) is 25.1. The largest absolute Gasteiger partial charge is 0.417 e. The van der Waals surface area contributed by atoms with E-state index in [-0.39, 0.29) is 5.41 Å². The quantitative estimate of drug-likeness (QED) is 0.859. The number of hydrogen-bond donors (Lipinski definition) is 1. The average Bonchev–Trinajstić information content (AvgIpc) is 2.84. The van der Waals surface area contributed by atoms with Gasteiger partial charge in [-0.3, -0.25) is 0 Å². The average molecular weight is 292 g/mol. The van der Waals surface area contributed by atoms with Crippen molar-refractivity contribution in [2.24, 2.45) is 11.3 Å². The van der Waals surface area contributed by atoms with E-state index in [1.165, 1.54) is 5.56 Å². The zero-order valence-corrected chi connectivity index (χ0v) is 14.7.